The van der Waals surface area contributed by atoms with E-state index in [1.54, 1.807) is 13.2 Å². The van der Waals surface area contributed by atoms with Crippen LogP contribution in [0.1, 0.15) is 16.7 Å². The summed E-state index contributed by atoms with van der Waals surface area (Å²) in [5.74, 6) is 4.02. The SMILES string of the molecule is COc1cc(/C=C/C(=O)Nc2cccc(CN3CCSCC3)c2C)cc2c1OCCO2. The van der Waals surface area contributed by atoms with Gasteiger partial charge in [-0.15, -0.1) is 0 Å². The number of carbonyl (C=O) groups is 1. The Hall–Kier alpha value is -2.64. The first-order valence-corrected chi connectivity index (χ1v) is 11.6. The van der Waals surface area contributed by atoms with Crippen LogP contribution in [0.25, 0.3) is 6.08 Å². The summed E-state index contributed by atoms with van der Waals surface area (Å²) in [5, 5.41) is 3.01. The summed E-state index contributed by atoms with van der Waals surface area (Å²) >= 11 is 2.01. The van der Waals surface area contributed by atoms with Crippen LogP contribution in [-0.2, 0) is 11.3 Å². The highest BCUT2D eigenvalue weighted by molar-refractivity contribution is 7.99. The van der Waals surface area contributed by atoms with Crippen molar-refractivity contribution < 1.29 is 19.0 Å². The van der Waals surface area contributed by atoms with Crippen molar-refractivity contribution in [3.8, 4) is 17.2 Å². The maximum absolute atomic E-state index is 12.6. The van der Waals surface area contributed by atoms with E-state index in [4.69, 9.17) is 14.2 Å². The van der Waals surface area contributed by atoms with Crippen LogP contribution in [0.3, 0.4) is 0 Å². The number of ether oxygens (including phenoxy) is 3. The molecule has 0 radical (unpaired) electrons. The van der Waals surface area contributed by atoms with Crippen LogP contribution < -0.4 is 19.5 Å². The normalized spacial score (nSPS) is 16.3. The van der Waals surface area contributed by atoms with Gasteiger partial charge in [0.1, 0.15) is 13.2 Å². The number of methoxy groups -OCH3 is 1. The average Bonchev–Trinajstić information content (AvgIpc) is 2.80. The van der Waals surface area contributed by atoms with Gasteiger partial charge in [0.2, 0.25) is 11.7 Å². The fraction of sp³-hybridized carbons (Fsp3) is 0.375. The highest BCUT2D eigenvalue weighted by Crippen LogP contribution is 2.40. The maximum Gasteiger partial charge on any atom is 0.248 e. The summed E-state index contributed by atoms with van der Waals surface area (Å²) in [5.41, 5.74) is 4.02. The van der Waals surface area contributed by atoms with Crippen LogP contribution in [0.5, 0.6) is 17.2 Å². The molecule has 0 spiro atoms. The molecule has 1 saturated heterocycles. The number of thioether (sulfide) groups is 1. The standard InChI is InChI=1S/C24H28N2O4S/c1-17-19(16-26-8-12-31-13-9-26)4-3-5-20(17)25-23(27)7-6-18-14-21(28-2)24-22(15-18)29-10-11-30-24/h3-7,14-15H,8-13,16H2,1-2H3,(H,25,27)/b7-6+. The Labute approximate surface area is 187 Å². The van der Waals surface area contributed by atoms with Gasteiger partial charge in [-0.3, -0.25) is 9.69 Å². The Morgan fingerprint density at radius 3 is 2.84 bits per heavy atom. The Morgan fingerprint density at radius 2 is 2.03 bits per heavy atom. The van der Waals surface area contributed by atoms with Crippen LogP contribution in [0.4, 0.5) is 5.69 Å². The van der Waals surface area contributed by atoms with E-state index in [0.29, 0.717) is 30.5 Å². The van der Waals surface area contributed by atoms with Crippen molar-refractivity contribution in [2.75, 3.05) is 50.2 Å². The summed E-state index contributed by atoms with van der Waals surface area (Å²) < 4.78 is 16.7. The third-order valence-corrected chi connectivity index (χ3v) is 6.42. The molecule has 4 rings (SSSR count). The van der Waals surface area contributed by atoms with Crippen LogP contribution in [-0.4, -0.2) is 55.7 Å². The van der Waals surface area contributed by atoms with Gasteiger partial charge in [-0.25, -0.2) is 0 Å². The molecular formula is C24H28N2O4S. The predicted octanol–water partition coefficient (Wildman–Crippen LogP) is 3.98. The van der Waals surface area contributed by atoms with Crippen molar-refractivity contribution in [1.82, 2.24) is 4.90 Å². The molecule has 0 bridgehead atoms. The molecule has 0 aromatic heterocycles. The summed E-state index contributed by atoms with van der Waals surface area (Å²) in [4.78, 5) is 15.1. The quantitative estimate of drug-likeness (QED) is 0.686. The van der Waals surface area contributed by atoms with Crippen molar-refractivity contribution in [1.29, 1.82) is 0 Å². The molecule has 6 nitrogen and oxygen atoms in total. The molecule has 0 unspecified atom stereocenters. The average molecular weight is 441 g/mol. The highest BCUT2D eigenvalue weighted by atomic mass is 32.2. The van der Waals surface area contributed by atoms with Gasteiger partial charge < -0.3 is 19.5 Å². The molecule has 2 aliphatic rings. The van der Waals surface area contributed by atoms with E-state index < -0.39 is 0 Å². The van der Waals surface area contributed by atoms with Gasteiger partial charge in [-0.05, 0) is 47.9 Å². The van der Waals surface area contributed by atoms with E-state index in [9.17, 15) is 4.79 Å². The molecular weight excluding hydrogens is 412 g/mol. The number of hydrogen-bond donors (Lipinski definition) is 1. The van der Waals surface area contributed by atoms with E-state index in [1.165, 1.54) is 23.1 Å². The minimum Gasteiger partial charge on any atom is -0.493 e. The number of benzene rings is 2. The Balaban J connectivity index is 1.44. The van der Waals surface area contributed by atoms with Crippen LogP contribution >= 0.6 is 11.8 Å². The lowest BCUT2D eigenvalue weighted by atomic mass is 10.1. The van der Waals surface area contributed by atoms with Crippen molar-refractivity contribution >= 4 is 29.4 Å². The van der Waals surface area contributed by atoms with E-state index in [0.717, 1.165) is 36.4 Å². The first kappa shape index (κ1) is 21.6. The highest BCUT2D eigenvalue weighted by Gasteiger charge is 2.18. The monoisotopic (exact) mass is 440 g/mol. The molecule has 0 aliphatic carbocycles. The van der Waals surface area contributed by atoms with Crippen molar-refractivity contribution in [2.24, 2.45) is 0 Å². The summed E-state index contributed by atoms with van der Waals surface area (Å²) in [7, 11) is 1.59. The second-order valence-corrected chi connectivity index (χ2v) is 8.77. The molecule has 0 atom stereocenters. The molecule has 31 heavy (non-hydrogen) atoms. The molecule has 0 saturated carbocycles. The second-order valence-electron chi connectivity index (χ2n) is 7.55. The lowest BCUT2D eigenvalue weighted by molar-refractivity contribution is -0.111. The summed E-state index contributed by atoms with van der Waals surface area (Å²) in [6, 6.07) is 9.78. The number of rotatable bonds is 6. The molecule has 2 aromatic rings. The number of anilines is 1. The first-order chi connectivity index (χ1) is 15.1. The fourth-order valence-electron chi connectivity index (χ4n) is 3.73. The fourth-order valence-corrected chi connectivity index (χ4v) is 4.70. The van der Waals surface area contributed by atoms with E-state index in [2.05, 4.69) is 23.2 Å². The molecule has 2 aromatic carbocycles. The van der Waals surface area contributed by atoms with Crippen molar-refractivity contribution in [3.05, 3.63) is 53.1 Å². The molecule has 1 N–H and O–H groups in total. The third kappa shape index (κ3) is 5.35. The smallest absolute Gasteiger partial charge is 0.248 e. The molecule has 164 valence electrons. The minimum atomic E-state index is -0.177. The summed E-state index contributed by atoms with van der Waals surface area (Å²) in [6.07, 6.45) is 3.28. The molecule has 2 aliphatic heterocycles. The lowest BCUT2D eigenvalue weighted by Gasteiger charge is -2.27. The Morgan fingerprint density at radius 1 is 1.23 bits per heavy atom. The minimum absolute atomic E-state index is 0.177. The van der Waals surface area contributed by atoms with Gasteiger partial charge in [0.15, 0.2) is 11.5 Å². The predicted molar refractivity (Wildman–Crippen MR) is 125 cm³/mol. The van der Waals surface area contributed by atoms with Gasteiger partial charge in [0, 0.05) is 42.9 Å². The van der Waals surface area contributed by atoms with Gasteiger partial charge in [-0.2, -0.15) is 11.8 Å². The first-order valence-electron chi connectivity index (χ1n) is 10.5. The van der Waals surface area contributed by atoms with E-state index >= 15 is 0 Å². The van der Waals surface area contributed by atoms with Gasteiger partial charge in [-0.1, -0.05) is 12.1 Å². The maximum atomic E-state index is 12.6. The lowest BCUT2D eigenvalue weighted by Crippen LogP contribution is -2.32. The van der Waals surface area contributed by atoms with Gasteiger partial charge in [0.05, 0.1) is 7.11 Å². The largest absolute Gasteiger partial charge is 0.493 e. The zero-order chi connectivity index (χ0) is 21.6. The van der Waals surface area contributed by atoms with Crippen LogP contribution in [0, 0.1) is 6.92 Å². The van der Waals surface area contributed by atoms with Crippen molar-refractivity contribution in [3.63, 3.8) is 0 Å². The zero-order valence-electron chi connectivity index (χ0n) is 18.0. The molecule has 1 fully saturated rings. The number of fused-ring (bicyclic) bond motifs is 1. The van der Waals surface area contributed by atoms with Crippen LogP contribution in [0.2, 0.25) is 0 Å². The van der Waals surface area contributed by atoms with Crippen LogP contribution in [0.15, 0.2) is 36.4 Å². The molecule has 2 heterocycles. The zero-order valence-corrected chi connectivity index (χ0v) is 18.8. The van der Waals surface area contributed by atoms with E-state index in [1.807, 2.05) is 36.0 Å². The Kier molecular flexibility index (Phi) is 7.04. The second kappa shape index (κ2) is 10.1. The van der Waals surface area contributed by atoms with E-state index in [-0.39, 0.29) is 5.91 Å². The number of hydrogen-bond acceptors (Lipinski definition) is 6. The Bertz CT molecular complexity index is 953. The molecule has 7 heteroatoms. The number of nitrogens with zero attached hydrogens (tertiary/aromatic N) is 1. The summed E-state index contributed by atoms with van der Waals surface area (Å²) in [6.45, 7) is 6.21. The van der Waals surface area contributed by atoms with Gasteiger partial charge >= 0.3 is 0 Å². The molecule has 1 amide bonds. The number of nitrogens with one attached hydrogen (secondary N) is 1. The topological polar surface area (TPSA) is 60.0 Å². The van der Waals surface area contributed by atoms with Crippen molar-refractivity contribution in [2.45, 2.75) is 13.5 Å². The third-order valence-electron chi connectivity index (χ3n) is 5.48. The number of carbonyl (C=O) groups excluding carboxylic acids is 1. The van der Waals surface area contributed by atoms with Gasteiger partial charge in [0.25, 0.3) is 0 Å². The number of amides is 1.